The van der Waals surface area contributed by atoms with Crippen LogP contribution in [0.15, 0.2) is 40.3 Å². The Kier molecular flexibility index (Phi) is 6.33. The summed E-state index contributed by atoms with van der Waals surface area (Å²) in [7, 11) is 1.90. The van der Waals surface area contributed by atoms with Gasteiger partial charge in [0, 0.05) is 11.4 Å². The van der Waals surface area contributed by atoms with Crippen molar-refractivity contribution in [3.63, 3.8) is 0 Å². The van der Waals surface area contributed by atoms with Gasteiger partial charge in [-0.3, -0.25) is 9.80 Å². The molecular weight excluding hydrogens is 397 g/mol. The Morgan fingerprint density at radius 2 is 2.28 bits per heavy atom. The maximum Gasteiger partial charge on any atom is 0.259 e. The number of hydrazine groups is 1. The molecule has 2 heterocycles. The predicted octanol–water partition coefficient (Wildman–Crippen LogP) is 1.10. The number of amides is 1. The van der Waals surface area contributed by atoms with Gasteiger partial charge < -0.3 is 16.3 Å². The molecule has 1 aliphatic rings. The molecule has 1 aromatic heterocycles. The molecule has 0 fully saturated rings. The minimum atomic E-state index is -0.621. The highest BCUT2D eigenvalue weighted by Gasteiger charge is 2.23. The van der Waals surface area contributed by atoms with E-state index in [2.05, 4.69) is 15.4 Å². The topological polar surface area (TPSA) is 133 Å². The summed E-state index contributed by atoms with van der Waals surface area (Å²) < 4.78 is 16.4. The normalized spacial score (nSPS) is 15.1. The van der Waals surface area contributed by atoms with Crippen LogP contribution in [0.4, 0.5) is 10.2 Å². The number of hydrazone groups is 1. The van der Waals surface area contributed by atoms with Gasteiger partial charge in [-0.1, -0.05) is 6.07 Å². The Labute approximate surface area is 171 Å². The molecular formula is C18H22FN7O2S. The van der Waals surface area contributed by atoms with Crippen LogP contribution in [0.1, 0.15) is 28.5 Å². The first-order chi connectivity index (χ1) is 13.8. The summed E-state index contributed by atoms with van der Waals surface area (Å²) in [6, 6.07) is 7.26. The average molecular weight is 419 g/mol. The Morgan fingerprint density at radius 3 is 2.97 bits per heavy atom. The molecule has 0 saturated heterocycles. The van der Waals surface area contributed by atoms with E-state index in [1.165, 1.54) is 29.1 Å². The fraction of sp³-hybridized carbons (Fsp3) is 0.278. The van der Waals surface area contributed by atoms with Crippen molar-refractivity contribution in [2.45, 2.75) is 24.4 Å². The third-order valence-corrected chi connectivity index (χ3v) is 5.39. The lowest BCUT2D eigenvalue weighted by Crippen LogP contribution is -2.47. The summed E-state index contributed by atoms with van der Waals surface area (Å²) in [5.41, 5.74) is 1.07. The van der Waals surface area contributed by atoms with Gasteiger partial charge in [0.1, 0.15) is 17.3 Å². The van der Waals surface area contributed by atoms with Crippen LogP contribution in [-0.4, -0.2) is 50.8 Å². The summed E-state index contributed by atoms with van der Waals surface area (Å²) in [6.07, 6.45) is 0. The van der Waals surface area contributed by atoms with E-state index in [0.717, 1.165) is 10.5 Å². The number of hydrogen-bond acceptors (Lipinski definition) is 8. The van der Waals surface area contributed by atoms with Crippen molar-refractivity contribution in [3.8, 4) is 0 Å². The second-order valence-electron chi connectivity index (χ2n) is 6.57. The number of anilines is 1. The third kappa shape index (κ3) is 4.48. The molecule has 1 atom stereocenters. The second kappa shape index (κ2) is 8.74. The molecule has 3 rings (SSSR count). The molecule has 1 amide bonds. The van der Waals surface area contributed by atoms with E-state index in [0.29, 0.717) is 12.2 Å². The predicted molar refractivity (Wildman–Crippen MR) is 109 cm³/mol. The fourth-order valence-corrected chi connectivity index (χ4v) is 3.74. The lowest BCUT2D eigenvalue weighted by molar-refractivity contribution is 0.102. The largest absolute Gasteiger partial charge is 0.394 e. The number of aliphatic hydroxyl groups excluding tert-OH is 1. The van der Waals surface area contributed by atoms with Gasteiger partial charge in [0.25, 0.3) is 5.91 Å². The van der Waals surface area contributed by atoms with Crippen molar-refractivity contribution >= 4 is 29.5 Å². The summed E-state index contributed by atoms with van der Waals surface area (Å²) >= 11 is 1.46. The van der Waals surface area contributed by atoms with E-state index >= 15 is 0 Å². The summed E-state index contributed by atoms with van der Waals surface area (Å²) in [4.78, 5) is 17.7. The standard InChI is InChI=1S/C18H22FN7O2S/c1-10(9-27)26(21)17(24-20)14-4-3-5-16(22-14)23-18(28)12-7-15-11(6-13(12)19)8-25(2)29-15/h3-7,10,27H,8-9,20-21H2,1-2H3,(H,22,23,28)/b24-17-. The molecule has 0 bridgehead atoms. The molecule has 2 aromatic rings. The lowest BCUT2D eigenvalue weighted by atomic mass is 10.1. The molecule has 11 heteroatoms. The van der Waals surface area contributed by atoms with E-state index in [9.17, 15) is 14.3 Å². The van der Waals surface area contributed by atoms with Gasteiger partial charge in [-0.2, -0.15) is 5.10 Å². The number of benzene rings is 1. The van der Waals surface area contributed by atoms with Gasteiger partial charge in [0.2, 0.25) is 0 Å². The Morgan fingerprint density at radius 1 is 1.52 bits per heavy atom. The zero-order valence-corrected chi connectivity index (χ0v) is 16.8. The van der Waals surface area contributed by atoms with E-state index < -0.39 is 17.8 Å². The number of aromatic nitrogens is 1. The number of carbonyl (C=O) groups excluding carboxylic acids is 1. The van der Waals surface area contributed by atoms with E-state index in [1.807, 2.05) is 11.4 Å². The second-order valence-corrected chi connectivity index (χ2v) is 7.82. The molecule has 0 spiro atoms. The molecule has 0 saturated carbocycles. The molecule has 9 nitrogen and oxygen atoms in total. The first-order valence-electron chi connectivity index (χ1n) is 8.77. The minimum absolute atomic E-state index is 0.0687. The van der Waals surface area contributed by atoms with Gasteiger partial charge >= 0.3 is 0 Å². The third-order valence-electron chi connectivity index (χ3n) is 4.37. The number of amidine groups is 1. The number of rotatable bonds is 5. The summed E-state index contributed by atoms with van der Waals surface area (Å²) in [5.74, 6) is 10.4. The van der Waals surface area contributed by atoms with E-state index in [1.54, 1.807) is 25.1 Å². The van der Waals surface area contributed by atoms with Gasteiger partial charge in [0.15, 0.2) is 5.84 Å². The smallest absolute Gasteiger partial charge is 0.259 e. The quantitative estimate of drug-likeness (QED) is 0.186. The molecule has 29 heavy (non-hydrogen) atoms. The number of carbonyl (C=O) groups is 1. The number of halogens is 1. The number of aliphatic hydroxyl groups is 1. The Hall–Kier alpha value is -2.73. The highest BCUT2D eigenvalue weighted by atomic mass is 32.2. The van der Waals surface area contributed by atoms with Crippen LogP contribution in [0.5, 0.6) is 0 Å². The first kappa shape index (κ1) is 21.0. The van der Waals surface area contributed by atoms with Gasteiger partial charge in [-0.25, -0.2) is 19.5 Å². The molecule has 154 valence electrons. The van der Waals surface area contributed by atoms with Crippen LogP contribution < -0.4 is 17.0 Å². The Balaban J connectivity index is 1.82. The van der Waals surface area contributed by atoms with Gasteiger partial charge in [-0.05, 0) is 55.7 Å². The van der Waals surface area contributed by atoms with E-state index in [4.69, 9.17) is 11.7 Å². The highest BCUT2D eigenvalue weighted by molar-refractivity contribution is 7.97. The molecule has 1 unspecified atom stereocenters. The van der Waals surface area contributed by atoms with Crippen LogP contribution in [0.3, 0.4) is 0 Å². The van der Waals surface area contributed by atoms with Crippen LogP contribution >= 0.6 is 11.9 Å². The molecule has 6 N–H and O–H groups in total. The minimum Gasteiger partial charge on any atom is -0.394 e. The van der Waals surface area contributed by atoms with Crippen LogP contribution in [0, 0.1) is 5.82 Å². The molecule has 1 aromatic carbocycles. The first-order valence-corrected chi connectivity index (χ1v) is 9.54. The van der Waals surface area contributed by atoms with Crippen molar-refractivity contribution in [1.29, 1.82) is 0 Å². The monoisotopic (exact) mass is 419 g/mol. The summed E-state index contributed by atoms with van der Waals surface area (Å²) in [5, 5.41) is 16.7. The zero-order valence-electron chi connectivity index (χ0n) is 16.0. The number of nitrogens with two attached hydrogens (primary N) is 2. The number of pyridine rings is 1. The molecule has 1 aliphatic heterocycles. The van der Waals surface area contributed by atoms with Crippen LogP contribution in [0.2, 0.25) is 0 Å². The van der Waals surface area contributed by atoms with Crippen molar-refractivity contribution in [2.24, 2.45) is 16.8 Å². The fourth-order valence-electron chi connectivity index (χ4n) is 2.79. The SMILES string of the molecule is CC(CO)N(N)/C(=N\N)c1cccc(NC(=O)c2cc3c(cc2F)CN(C)S3)n1. The molecule has 0 aliphatic carbocycles. The Bertz CT molecular complexity index is 956. The molecule has 0 radical (unpaired) electrons. The average Bonchev–Trinajstić information content (AvgIpc) is 3.06. The maximum absolute atomic E-state index is 14.4. The summed E-state index contributed by atoms with van der Waals surface area (Å²) in [6.45, 7) is 2.09. The van der Waals surface area contributed by atoms with Gasteiger partial charge in [0.05, 0.1) is 18.2 Å². The van der Waals surface area contributed by atoms with E-state index in [-0.39, 0.29) is 23.8 Å². The van der Waals surface area contributed by atoms with Crippen LogP contribution in [-0.2, 0) is 6.54 Å². The lowest BCUT2D eigenvalue weighted by Gasteiger charge is -2.25. The number of fused-ring (bicyclic) bond motifs is 1. The van der Waals surface area contributed by atoms with Gasteiger partial charge in [-0.15, -0.1) is 0 Å². The number of hydrogen-bond donors (Lipinski definition) is 4. The zero-order chi connectivity index (χ0) is 21.1. The highest BCUT2D eigenvalue weighted by Crippen LogP contribution is 2.36. The van der Waals surface area contributed by atoms with Crippen molar-refractivity contribution in [1.82, 2.24) is 14.3 Å². The number of nitrogens with one attached hydrogen (secondary N) is 1. The maximum atomic E-state index is 14.4. The number of nitrogens with zero attached hydrogens (tertiary/aromatic N) is 4. The van der Waals surface area contributed by atoms with Crippen molar-refractivity contribution in [2.75, 3.05) is 19.0 Å². The van der Waals surface area contributed by atoms with Crippen LogP contribution in [0.25, 0.3) is 0 Å². The van der Waals surface area contributed by atoms with Crippen molar-refractivity contribution in [3.05, 3.63) is 53.0 Å². The van der Waals surface area contributed by atoms with Crippen molar-refractivity contribution < 1.29 is 14.3 Å².